The number of nitrogens with zero attached hydrogens (tertiary/aromatic N) is 2. The number of ketones is 1. The summed E-state index contributed by atoms with van der Waals surface area (Å²) in [4.78, 5) is 38.6. The lowest BCUT2D eigenvalue weighted by Crippen LogP contribution is -2.44. The molecule has 3 rings (SSSR count). The first kappa shape index (κ1) is 15.7. The molecule has 1 atom stereocenters. The van der Waals surface area contributed by atoms with Crippen LogP contribution >= 0.6 is 0 Å². The van der Waals surface area contributed by atoms with Crippen LogP contribution in [0.2, 0.25) is 0 Å². The lowest BCUT2D eigenvalue weighted by Gasteiger charge is -2.27. The van der Waals surface area contributed by atoms with E-state index in [4.69, 9.17) is 0 Å². The molecule has 0 aliphatic carbocycles. The molecule has 1 aliphatic heterocycles. The third kappa shape index (κ3) is 2.54. The Kier molecular flexibility index (Phi) is 3.74. The number of hydrogen-bond acceptors (Lipinski definition) is 3. The number of aromatic nitrogens is 2. The average molecular weight is 314 g/mol. The zero-order valence-electron chi connectivity index (χ0n) is 13.8. The molecule has 0 amide bonds. The largest absolute Gasteiger partial charge is 0.297 e. The lowest BCUT2D eigenvalue weighted by atomic mass is 9.85. The minimum absolute atomic E-state index is 0.00457. The molecule has 0 saturated carbocycles. The molecule has 2 heterocycles. The van der Waals surface area contributed by atoms with Gasteiger partial charge in [0.2, 0.25) is 0 Å². The normalized spacial score (nSPS) is 18.5. The number of Topliss-reactive ketones (excluding diaryl/α,β-unsaturated/α-hetero) is 1. The summed E-state index contributed by atoms with van der Waals surface area (Å²) in [6.45, 7) is 6.05. The average Bonchev–Trinajstić information content (AvgIpc) is 2.74. The van der Waals surface area contributed by atoms with Crippen molar-refractivity contribution in [1.29, 1.82) is 0 Å². The molecule has 5 nitrogen and oxygen atoms in total. The highest BCUT2D eigenvalue weighted by Gasteiger charge is 2.34. The fraction of sp³-hybridized carbons (Fsp3) is 0.500. The molecular formula is C18H22N2O3. The number of hydrogen-bond donors (Lipinski definition) is 0. The summed E-state index contributed by atoms with van der Waals surface area (Å²) >= 11 is 0. The van der Waals surface area contributed by atoms with E-state index in [1.807, 2.05) is 20.8 Å². The third-order valence-corrected chi connectivity index (χ3v) is 4.53. The lowest BCUT2D eigenvalue weighted by molar-refractivity contribution is -0.130. The first-order chi connectivity index (χ1) is 10.8. The molecule has 0 N–H and O–H groups in total. The van der Waals surface area contributed by atoms with Crippen LogP contribution in [0.1, 0.15) is 46.1 Å². The van der Waals surface area contributed by atoms with Crippen molar-refractivity contribution in [3.05, 3.63) is 45.0 Å². The van der Waals surface area contributed by atoms with Gasteiger partial charge in [-0.2, -0.15) is 0 Å². The van der Waals surface area contributed by atoms with E-state index in [1.54, 1.807) is 24.3 Å². The molecular weight excluding hydrogens is 292 g/mol. The zero-order chi connectivity index (χ0) is 16.8. The highest BCUT2D eigenvalue weighted by molar-refractivity contribution is 5.88. The van der Waals surface area contributed by atoms with Crippen molar-refractivity contribution < 1.29 is 4.79 Å². The minimum atomic E-state index is -0.567. The molecule has 0 fully saturated rings. The molecule has 23 heavy (non-hydrogen) atoms. The Balaban J connectivity index is 2.36. The fourth-order valence-corrected chi connectivity index (χ4v) is 3.31. The molecule has 5 heteroatoms. The molecule has 1 aromatic heterocycles. The van der Waals surface area contributed by atoms with Crippen LogP contribution in [0.4, 0.5) is 0 Å². The molecule has 122 valence electrons. The van der Waals surface area contributed by atoms with E-state index in [2.05, 4.69) is 0 Å². The van der Waals surface area contributed by atoms with E-state index < -0.39 is 11.5 Å². The monoisotopic (exact) mass is 314 g/mol. The van der Waals surface area contributed by atoms with Gasteiger partial charge in [0.1, 0.15) is 6.04 Å². The van der Waals surface area contributed by atoms with Crippen molar-refractivity contribution in [2.45, 2.75) is 52.6 Å². The van der Waals surface area contributed by atoms with Crippen LogP contribution in [0.3, 0.4) is 0 Å². The molecule has 0 bridgehead atoms. The molecule has 1 aromatic carbocycles. The summed E-state index contributed by atoms with van der Waals surface area (Å²) in [6.07, 6.45) is 2.23. The van der Waals surface area contributed by atoms with Gasteiger partial charge in [0.05, 0.1) is 10.8 Å². The Labute approximate surface area is 134 Å². The Bertz CT molecular complexity index is 884. The topological polar surface area (TPSA) is 61.1 Å². The number of fused-ring (bicyclic) bond motifs is 2. The van der Waals surface area contributed by atoms with Crippen LogP contribution in [0.15, 0.2) is 33.9 Å². The van der Waals surface area contributed by atoms with Crippen molar-refractivity contribution in [2.75, 3.05) is 0 Å². The zero-order valence-corrected chi connectivity index (χ0v) is 13.8. The maximum atomic E-state index is 13.0. The van der Waals surface area contributed by atoms with Gasteiger partial charge in [-0.1, -0.05) is 32.9 Å². The van der Waals surface area contributed by atoms with Crippen molar-refractivity contribution in [2.24, 2.45) is 5.41 Å². The van der Waals surface area contributed by atoms with Gasteiger partial charge in [0, 0.05) is 12.0 Å². The number of carbonyl (C=O) groups is 1. The Morgan fingerprint density at radius 2 is 1.65 bits per heavy atom. The molecule has 0 radical (unpaired) electrons. The van der Waals surface area contributed by atoms with E-state index in [0.29, 0.717) is 23.7 Å². The Hall–Kier alpha value is -2.17. The summed E-state index contributed by atoms with van der Waals surface area (Å²) in [5.41, 5.74) is -0.987. The maximum Gasteiger partial charge on any atom is 0.273 e. The fourth-order valence-electron chi connectivity index (χ4n) is 3.31. The Morgan fingerprint density at radius 3 is 2.26 bits per heavy atom. The first-order valence-corrected chi connectivity index (χ1v) is 8.11. The molecule has 1 aliphatic rings. The standard InChI is InChI=1S/C18H22N2O3/c1-18(2,3)15(21)14-10-6-7-11-19-16(22)12-8-4-5-9-13(12)17(23)20(14)19/h4-5,8-9,14H,6-7,10-11H2,1-3H3. The van der Waals surface area contributed by atoms with Gasteiger partial charge in [0.25, 0.3) is 11.1 Å². The van der Waals surface area contributed by atoms with Crippen molar-refractivity contribution >= 4 is 16.6 Å². The van der Waals surface area contributed by atoms with Crippen molar-refractivity contribution in [3.63, 3.8) is 0 Å². The predicted octanol–water partition coefficient (Wildman–Crippen LogP) is 2.50. The van der Waals surface area contributed by atoms with E-state index in [0.717, 1.165) is 12.8 Å². The molecule has 0 spiro atoms. The van der Waals surface area contributed by atoms with E-state index in [1.165, 1.54) is 9.36 Å². The van der Waals surface area contributed by atoms with Gasteiger partial charge < -0.3 is 0 Å². The van der Waals surface area contributed by atoms with Gasteiger partial charge in [-0.15, -0.1) is 0 Å². The third-order valence-electron chi connectivity index (χ3n) is 4.53. The van der Waals surface area contributed by atoms with Gasteiger partial charge in [0.15, 0.2) is 5.78 Å². The number of rotatable bonds is 1. The second-order valence-electron chi connectivity index (χ2n) is 7.25. The highest BCUT2D eigenvalue weighted by atomic mass is 16.2. The molecule has 2 aromatic rings. The summed E-state index contributed by atoms with van der Waals surface area (Å²) in [5, 5.41) is 0.819. The van der Waals surface area contributed by atoms with Gasteiger partial charge in [-0.05, 0) is 31.4 Å². The van der Waals surface area contributed by atoms with Crippen LogP contribution < -0.4 is 11.1 Å². The predicted molar refractivity (Wildman–Crippen MR) is 89.8 cm³/mol. The first-order valence-electron chi connectivity index (χ1n) is 8.11. The van der Waals surface area contributed by atoms with Crippen molar-refractivity contribution in [3.8, 4) is 0 Å². The minimum Gasteiger partial charge on any atom is -0.297 e. The highest BCUT2D eigenvalue weighted by Crippen LogP contribution is 2.28. The number of benzene rings is 1. The summed E-state index contributed by atoms with van der Waals surface area (Å²) in [6, 6.07) is 6.28. The van der Waals surface area contributed by atoms with E-state index in [9.17, 15) is 14.4 Å². The Morgan fingerprint density at radius 1 is 1.04 bits per heavy atom. The second-order valence-corrected chi connectivity index (χ2v) is 7.25. The van der Waals surface area contributed by atoms with Crippen LogP contribution in [-0.2, 0) is 11.3 Å². The van der Waals surface area contributed by atoms with Gasteiger partial charge in [-0.3, -0.25) is 14.4 Å². The van der Waals surface area contributed by atoms with Gasteiger partial charge >= 0.3 is 0 Å². The number of carbonyl (C=O) groups excluding carboxylic acids is 1. The molecule has 0 saturated heterocycles. The van der Waals surface area contributed by atoms with Crippen LogP contribution in [0.25, 0.3) is 10.8 Å². The smallest absolute Gasteiger partial charge is 0.273 e. The van der Waals surface area contributed by atoms with Crippen LogP contribution in [0.5, 0.6) is 0 Å². The second kappa shape index (κ2) is 5.48. The van der Waals surface area contributed by atoms with Crippen LogP contribution in [0, 0.1) is 5.41 Å². The summed E-state index contributed by atoms with van der Waals surface area (Å²) in [5.74, 6) is 0.00457. The molecule has 1 unspecified atom stereocenters. The van der Waals surface area contributed by atoms with Gasteiger partial charge in [-0.25, -0.2) is 9.36 Å². The maximum absolute atomic E-state index is 13.0. The van der Waals surface area contributed by atoms with Crippen molar-refractivity contribution in [1.82, 2.24) is 9.36 Å². The SMILES string of the molecule is CC(C)(C)C(=O)C1CCCCn2c(=O)c3ccccc3c(=O)n21. The van der Waals surface area contributed by atoms with Crippen LogP contribution in [-0.4, -0.2) is 15.1 Å². The summed E-state index contributed by atoms with van der Waals surface area (Å²) < 4.78 is 2.90. The van der Waals surface area contributed by atoms with E-state index in [-0.39, 0.29) is 16.9 Å². The van der Waals surface area contributed by atoms with E-state index >= 15 is 0 Å². The summed E-state index contributed by atoms with van der Waals surface area (Å²) in [7, 11) is 0. The quantitative estimate of drug-likeness (QED) is 0.812.